The van der Waals surface area contributed by atoms with E-state index in [1.165, 1.54) is 0 Å². The molecule has 9 heteroatoms. The number of methoxy groups -OCH3 is 2. The molecule has 0 spiro atoms. The molecule has 0 saturated heterocycles. The number of ether oxygens (including phenoxy) is 2. The van der Waals surface area contributed by atoms with Crippen molar-refractivity contribution in [2.24, 2.45) is 0 Å². The maximum absolute atomic E-state index is 13.5. The fraction of sp³-hybridized carbons (Fsp3) is 0.160. The van der Waals surface area contributed by atoms with Crippen molar-refractivity contribution >= 4 is 17.5 Å². The monoisotopic (exact) mass is 457 g/mol. The molecular weight excluding hydrogens is 434 g/mol. The Morgan fingerprint density at radius 2 is 1.85 bits per heavy atom. The number of para-hydroxylation sites is 1. The lowest BCUT2D eigenvalue weighted by molar-refractivity contribution is -0.113. The number of hydrogen-bond donors (Lipinski definition) is 2. The number of carbonyl (C=O) groups is 1. The number of benzene rings is 2. The van der Waals surface area contributed by atoms with Gasteiger partial charge in [-0.05, 0) is 48.9 Å². The van der Waals surface area contributed by atoms with Crippen LogP contribution in [-0.2, 0) is 4.79 Å². The number of nitrogens with one attached hydrogen (secondary N) is 2. The average molecular weight is 457 g/mol. The van der Waals surface area contributed by atoms with Crippen LogP contribution < -0.4 is 20.1 Å². The van der Waals surface area contributed by atoms with Crippen LogP contribution >= 0.6 is 0 Å². The van der Waals surface area contributed by atoms with Crippen molar-refractivity contribution in [3.63, 3.8) is 0 Å². The number of fused-ring (bicyclic) bond motifs is 1. The van der Waals surface area contributed by atoms with Gasteiger partial charge in [0.15, 0.2) is 17.3 Å². The summed E-state index contributed by atoms with van der Waals surface area (Å²) in [6, 6.07) is 17.8. The minimum Gasteiger partial charge on any atom is -0.493 e. The smallest absolute Gasteiger partial charge is 0.255 e. The van der Waals surface area contributed by atoms with Crippen LogP contribution in [0.4, 0.5) is 11.6 Å². The molecule has 3 heterocycles. The number of carbonyl (C=O) groups excluding carboxylic acids is 1. The number of furan rings is 1. The second-order valence-electron chi connectivity index (χ2n) is 7.68. The van der Waals surface area contributed by atoms with Gasteiger partial charge >= 0.3 is 0 Å². The van der Waals surface area contributed by atoms with Crippen molar-refractivity contribution < 1.29 is 18.7 Å². The predicted molar refractivity (Wildman–Crippen MR) is 127 cm³/mol. The molecule has 172 valence electrons. The molecule has 0 fully saturated rings. The van der Waals surface area contributed by atoms with E-state index < -0.39 is 6.04 Å². The number of hydrogen-bond acceptors (Lipinski definition) is 7. The van der Waals surface area contributed by atoms with Crippen LogP contribution in [0.5, 0.6) is 11.5 Å². The molecule has 34 heavy (non-hydrogen) atoms. The van der Waals surface area contributed by atoms with Gasteiger partial charge in [-0.3, -0.25) is 4.79 Å². The Balaban J connectivity index is 1.63. The first-order valence-corrected chi connectivity index (χ1v) is 10.7. The predicted octanol–water partition coefficient (Wildman–Crippen LogP) is 4.48. The van der Waals surface area contributed by atoms with Crippen molar-refractivity contribution in [1.29, 1.82) is 0 Å². The Kier molecular flexibility index (Phi) is 5.51. The number of nitrogens with zero attached hydrogens (tertiary/aromatic N) is 3. The molecule has 4 aromatic rings. The van der Waals surface area contributed by atoms with Gasteiger partial charge < -0.3 is 24.5 Å². The zero-order valence-corrected chi connectivity index (χ0v) is 18.9. The van der Waals surface area contributed by atoms with E-state index in [0.29, 0.717) is 46.0 Å². The van der Waals surface area contributed by atoms with Crippen molar-refractivity contribution in [2.45, 2.75) is 13.0 Å². The first kappa shape index (κ1) is 21.3. The molecular formula is C25H23N5O4. The summed E-state index contributed by atoms with van der Waals surface area (Å²) in [6.07, 6.45) is 1.57. The quantitative estimate of drug-likeness (QED) is 0.440. The fourth-order valence-electron chi connectivity index (χ4n) is 4.01. The standard InChI is InChI=1S/C25H23N5O4/c1-15-21(24(31)27-17-8-5-4-6-9-17)22(16-11-12-18(32-2)20(14-16)33-3)30-25(26-15)28-23(29-30)19-10-7-13-34-19/h4-14,22H,1-3H3,(H,27,31)(H,26,28,29). The van der Waals surface area contributed by atoms with Crippen molar-refractivity contribution in [3.8, 4) is 23.1 Å². The number of rotatable bonds is 6. The van der Waals surface area contributed by atoms with E-state index in [2.05, 4.69) is 20.7 Å². The van der Waals surface area contributed by atoms with Gasteiger partial charge in [0.2, 0.25) is 11.8 Å². The number of amides is 1. The summed E-state index contributed by atoms with van der Waals surface area (Å²) >= 11 is 0. The lowest BCUT2D eigenvalue weighted by Crippen LogP contribution is -2.31. The van der Waals surface area contributed by atoms with Crippen LogP contribution in [0.2, 0.25) is 0 Å². The molecule has 2 aromatic heterocycles. The van der Waals surface area contributed by atoms with Gasteiger partial charge in [-0.25, -0.2) is 4.68 Å². The number of anilines is 2. The molecule has 0 saturated carbocycles. The van der Waals surface area contributed by atoms with E-state index in [1.54, 1.807) is 37.3 Å². The summed E-state index contributed by atoms with van der Waals surface area (Å²) in [6.45, 7) is 1.85. The number of aromatic nitrogens is 3. The molecule has 1 aliphatic heterocycles. The van der Waals surface area contributed by atoms with E-state index >= 15 is 0 Å². The van der Waals surface area contributed by atoms with Gasteiger partial charge in [0, 0.05) is 11.4 Å². The molecule has 1 amide bonds. The third kappa shape index (κ3) is 3.77. The molecule has 2 aromatic carbocycles. The summed E-state index contributed by atoms with van der Waals surface area (Å²) in [5.41, 5.74) is 2.65. The Hall–Kier alpha value is -4.53. The van der Waals surface area contributed by atoms with Crippen LogP contribution in [-0.4, -0.2) is 34.9 Å². The fourth-order valence-corrected chi connectivity index (χ4v) is 4.01. The van der Waals surface area contributed by atoms with Gasteiger partial charge in [0.1, 0.15) is 6.04 Å². The molecule has 9 nitrogen and oxygen atoms in total. The maximum Gasteiger partial charge on any atom is 0.255 e. The van der Waals surface area contributed by atoms with Crippen LogP contribution in [0.3, 0.4) is 0 Å². The van der Waals surface area contributed by atoms with E-state index in [9.17, 15) is 4.79 Å². The maximum atomic E-state index is 13.5. The van der Waals surface area contributed by atoms with E-state index in [4.69, 9.17) is 13.9 Å². The molecule has 0 aliphatic carbocycles. The topological polar surface area (TPSA) is 103 Å². The summed E-state index contributed by atoms with van der Waals surface area (Å²) in [7, 11) is 3.15. The van der Waals surface area contributed by atoms with Crippen LogP contribution in [0.25, 0.3) is 11.6 Å². The molecule has 0 radical (unpaired) electrons. The zero-order chi connectivity index (χ0) is 23.7. The first-order valence-electron chi connectivity index (χ1n) is 10.7. The lowest BCUT2D eigenvalue weighted by atomic mass is 9.94. The first-order chi connectivity index (χ1) is 16.6. The second kappa shape index (κ2) is 8.78. The molecule has 2 N–H and O–H groups in total. The summed E-state index contributed by atoms with van der Waals surface area (Å²) in [4.78, 5) is 18.1. The normalized spacial score (nSPS) is 14.9. The molecule has 0 bridgehead atoms. The molecule has 1 aliphatic rings. The van der Waals surface area contributed by atoms with Gasteiger partial charge in [0.25, 0.3) is 5.91 Å². The highest BCUT2D eigenvalue weighted by Gasteiger charge is 2.35. The van der Waals surface area contributed by atoms with E-state index in [1.807, 2.05) is 55.5 Å². The van der Waals surface area contributed by atoms with E-state index in [-0.39, 0.29) is 5.91 Å². The van der Waals surface area contributed by atoms with Crippen LogP contribution in [0.1, 0.15) is 18.5 Å². The zero-order valence-electron chi connectivity index (χ0n) is 18.9. The van der Waals surface area contributed by atoms with Crippen molar-refractivity contribution in [3.05, 3.63) is 83.8 Å². The van der Waals surface area contributed by atoms with Gasteiger partial charge in [-0.15, -0.1) is 5.10 Å². The highest BCUT2D eigenvalue weighted by atomic mass is 16.5. The van der Waals surface area contributed by atoms with Gasteiger partial charge in [-0.1, -0.05) is 24.3 Å². The van der Waals surface area contributed by atoms with Crippen molar-refractivity contribution in [2.75, 3.05) is 24.9 Å². The minimum absolute atomic E-state index is 0.253. The second-order valence-corrected chi connectivity index (χ2v) is 7.68. The Bertz CT molecular complexity index is 1360. The van der Waals surface area contributed by atoms with Gasteiger partial charge in [-0.2, -0.15) is 4.98 Å². The summed E-state index contributed by atoms with van der Waals surface area (Å²) in [5.74, 6) is 2.33. The highest BCUT2D eigenvalue weighted by molar-refractivity contribution is 6.06. The van der Waals surface area contributed by atoms with Crippen LogP contribution in [0, 0.1) is 0 Å². The largest absolute Gasteiger partial charge is 0.493 e. The Morgan fingerprint density at radius 3 is 2.56 bits per heavy atom. The SMILES string of the molecule is COc1ccc(C2C(C(=O)Nc3ccccc3)=C(C)Nc3nc(-c4ccco4)nn32)cc1OC. The summed E-state index contributed by atoms with van der Waals surface area (Å²) in [5, 5.41) is 10.9. The molecule has 5 rings (SSSR count). The highest BCUT2D eigenvalue weighted by Crippen LogP contribution is 2.39. The third-order valence-electron chi connectivity index (χ3n) is 5.59. The van der Waals surface area contributed by atoms with E-state index in [0.717, 1.165) is 5.56 Å². The minimum atomic E-state index is -0.573. The lowest BCUT2D eigenvalue weighted by Gasteiger charge is -2.29. The Morgan fingerprint density at radius 1 is 1.06 bits per heavy atom. The molecule has 1 unspecified atom stereocenters. The Labute approximate surface area is 196 Å². The number of allylic oxidation sites excluding steroid dienone is 1. The summed E-state index contributed by atoms with van der Waals surface area (Å²) < 4.78 is 18.1. The van der Waals surface area contributed by atoms with Crippen molar-refractivity contribution in [1.82, 2.24) is 14.8 Å². The average Bonchev–Trinajstić information content (AvgIpc) is 3.53. The van der Waals surface area contributed by atoms with Gasteiger partial charge in [0.05, 0.1) is 26.1 Å². The molecule has 1 atom stereocenters. The van der Waals surface area contributed by atoms with Crippen LogP contribution in [0.15, 0.2) is 82.6 Å². The third-order valence-corrected chi connectivity index (χ3v) is 5.59.